The Labute approximate surface area is 128 Å². The van der Waals surface area contributed by atoms with Crippen LogP contribution in [0, 0.1) is 17.0 Å². The van der Waals surface area contributed by atoms with Crippen LogP contribution >= 0.6 is 0 Å². The van der Waals surface area contributed by atoms with E-state index in [2.05, 4.69) is 20.7 Å². The van der Waals surface area contributed by atoms with Gasteiger partial charge in [-0.3, -0.25) is 19.6 Å². The molecule has 0 aliphatic heterocycles. The van der Waals surface area contributed by atoms with Gasteiger partial charge in [0.1, 0.15) is 24.8 Å². The highest BCUT2D eigenvalue weighted by atomic mass is 16.6. The highest BCUT2D eigenvalue weighted by molar-refractivity contribution is 6.02. The van der Waals surface area contributed by atoms with Crippen molar-refractivity contribution in [3.05, 3.63) is 52.3 Å². The molecule has 3 rings (SSSR count). The van der Waals surface area contributed by atoms with Crippen LogP contribution in [0.2, 0.25) is 0 Å². The number of nitro groups is 1. The molecule has 23 heavy (non-hydrogen) atoms. The SMILES string of the molecule is Cc1cc(NC(=O)c2ccn(Cn3cc([N+](=O)[O-])cn3)n2)no1. The molecule has 0 fully saturated rings. The Balaban J connectivity index is 1.67. The average molecular weight is 317 g/mol. The van der Waals surface area contributed by atoms with Crippen molar-refractivity contribution in [2.45, 2.75) is 13.6 Å². The molecular weight excluding hydrogens is 306 g/mol. The first-order chi connectivity index (χ1) is 11.0. The maximum Gasteiger partial charge on any atom is 0.307 e. The van der Waals surface area contributed by atoms with Crippen LogP contribution in [0.5, 0.6) is 0 Å². The fraction of sp³-hybridized carbons (Fsp3) is 0.167. The van der Waals surface area contributed by atoms with Gasteiger partial charge in [0.05, 0.1) is 4.92 Å². The van der Waals surface area contributed by atoms with Crippen LogP contribution in [-0.4, -0.2) is 35.5 Å². The molecule has 3 aromatic rings. The van der Waals surface area contributed by atoms with E-state index in [4.69, 9.17) is 4.52 Å². The number of aromatic nitrogens is 5. The quantitative estimate of drug-likeness (QED) is 0.548. The highest BCUT2D eigenvalue weighted by Crippen LogP contribution is 2.10. The summed E-state index contributed by atoms with van der Waals surface area (Å²) in [6, 6.07) is 3.10. The second-order valence-electron chi connectivity index (χ2n) is 4.65. The Morgan fingerprint density at radius 3 is 2.96 bits per heavy atom. The van der Waals surface area contributed by atoms with Crippen LogP contribution in [-0.2, 0) is 6.67 Å². The van der Waals surface area contributed by atoms with E-state index in [1.54, 1.807) is 19.2 Å². The number of carbonyl (C=O) groups excluding carboxylic acids is 1. The van der Waals surface area contributed by atoms with Crippen LogP contribution in [0.15, 0.2) is 35.2 Å². The summed E-state index contributed by atoms with van der Waals surface area (Å²) in [6.07, 6.45) is 3.99. The van der Waals surface area contributed by atoms with E-state index in [1.165, 1.54) is 21.6 Å². The summed E-state index contributed by atoms with van der Waals surface area (Å²) >= 11 is 0. The van der Waals surface area contributed by atoms with Crippen molar-refractivity contribution < 1.29 is 14.2 Å². The number of hydrogen-bond donors (Lipinski definition) is 1. The van der Waals surface area contributed by atoms with Gasteiger partial charge in [-0.15, -0.1) is 0 Å². The highest BCUT2D eigenvalue weighted by Gasteiger charge is 2.13. The normalized spacial score (nSPS) is 10.7. The zero-order chi connectivity index (χ0) is 16.4. The van der Waals surface area contributed by atoms with E-state index in [9.17, 15) is 14.9 Å². The molecule has 0 saturated heterocycles. The second kappa shape index (κ2) is 5.71. The first-order valence-electron chi connectivity index (χ1n) is 6.46. The molecule has 0 unspecified atom stereocenters. The molecule has 3 heterocycles. The lowest BCUT2D eigenvalue weighted by molar-refractivity contribution is -0.385. The van der Waals surface area contributed by atoms with E-state index in [1.807, 2.05) is 0 Å². The summed E-state index contributed by atoms with van der Waals surface area (Å²) in [6.45, 7) is 1.85. The summed E-state index contributed by atoms with van der Waals surface area (Å²) in [5.74, 6) is 0.430. The third-order valence-corrected chi connectivity index (χ3v) is 2.86. The molecule has 1 amide bonds. The molecule has 0 radical (unpaired) electrons. The molecule has 0 aliphatic rings. The van der Waals surface area contributed by atoms with Crippen LogP contribution in [0.3, 0.4) is 0 Å². The van der Waals surface area contributed by atoms with E-state index in [0.29, 0.717) is 11.6 Å². The maximum atomic E-state index is 12.0. The molecule has 0 saturated carbocycles. The van der Waals surface area contributed by atoms with E-state index < -0.39 is 10.8 Å². The van der Waals surface area contributed by atoms with E-state index >= 15 is 0 Å². The van der Waals surface area contributed by atoms with Gasteiger partial charge in [0.2, 0.25) is 0 Å². The number of nitrogens with one attached hydrogen (secondary N) is 1. The summed E-state index contributed by atoms with van der Waals surface area (Å²) in [4.78, 5) is 22.1. The van der Waals surface area contributed by atoms with Gasteiger partial charge in [-0.1, -0.05) is 5.16 Å². The lowest BCUT2D eigenvalue weighted by atomic mass is 10.4. The van der Waals surface area contributed by atoms with Crippen LogP contribution in [0.1, 0.15) is 16.2 Å². The molecule has 0 bridgehead atoms. The Bertz CT molecular complexity index is 862. The fourth-order valence-electron chi connectivity index (χ4n) is 1.84. The number of anilines is 1. The Kier molecular flexibility index (Phi) is 3.58. The van der Waals surface area contributed by atoms with Gasteiger partial charge in [-0.25, -0.2) is 4.68 Å². The van der Waals surface area contributed by atoms with Gasteiger partial charge in [0, 0.05) is 12.3 Å². The third kappa shape index (κ3) is 3.23. The zero-order valence-corrected chi connectivity index (χ0v) is 11.9. The summed E-state index contributed by atoms with van der Waals surface area (Å²) in [5, 5.41) is 24.7. The third-order valence-electron chi connectivity index (χ3n) is 2.86. The fourth-order valence-corrected chi connectivity index (χ4v) is 1.84. The van der Waals surface area contributed by atoms with Crippen molar-refractivity contribution in [2.75, 3.05) is 5.32 Å². The number of rotatable bonds is 5. The van der Waals surface area contributed by atoms with Gasteiger partial charge in [-0.2, -0.15) is 10.2 Å². The van der Waals surface area contributed by atoms with Crippen molar-refractivity contribution in [2.24, 2.45) is 0 Å². The maximum absolute atomic E-state index is 12.0. The molecule has 0 atom stereocenters. The van der Waals surface area contributed by atoms with Gasteiger partial charge in [0.25, 0.3) is 5.91 Å². The number of hydrogen-bond acceptors (Lipinski definition) is 7. The van der Waals surface area contributed by atoms with Crippen LogP contribution in [0.4, 0.5) is 11.5 Å². The number of carbonyl (C=O) groups is 1. The van der Waals surface area contributed by atoms with Crippen molar-refractivity contribution >= 4 is 17.4 Å². The van der Waals surface area contributed by atoms with Crippen molar-refractivity contribution in [1.29, 1.82) is 0 Å². The van der Waals surface area contributed by atoms with Gasteiger partial charge >= 0.3 is 5.69 Å². The van der Waals surface area contributed by atoms with Crippen molar-refractivity contribution in [1.82, 2.24) is 24.7 Å². The number of nitrogens with zero attached hydrogens (tertiary/aromatic N) is 6. The predicted octanol–water partition coefficient (Wildman–Crippen LogP) is 1.04. The van der Waals surface area contributed by atoms with Crippen molar-refractivity contribution in [3.63, 3.8) is 0 Å². The minimum Gasteiger partial charge on any atom is -0.360 e. The zero-order valence-electron chi connectivity index (χ0n) is 11.9. The minimum atomic E-state index is -0.536. The van der Waals surface area contributed by atoms with Gasteiger partial charge in [-0.05, 0) is 13.0 Å². The molecule has 3 aromatic heterocycles. The molecule has 0 aromatic carbocycles. The molecular formula is C12H11N7O4. The lowest BCUT2D eigenvalue weighted by Gasteiger charge is -2.00. The number of aryl methyl sites for hydroxylation is 1. The molecule has 0 spiro atoms. The van der Waals surface area contributed by atoms with Crippen LogP contribution < -0.4 is 5.32 Å². The predicted molar refractivity (Wildman–Crippen MR) is 75.7 cm³/mol. The lowest BCUT2D eigenvalue weighted by Crippen LogP contribution is -2.15. The Hall–Kier alpha value is -3.50. The minimum absolute atomic E-state index is 0.114. The summed E-state index contributed by atoms with van der Waals surface area (Å²) < 4.78 is 7.62. The molecule has 11 heteroatoms. The molecule has 0 aliphatic carbocycles. The molecule has 1 N–H and O–H groups in total. The Morgan fingerprint density at radius 2 is 2.30 bits per heavy atom. The van der Waals surface area contributed by atoms with Gasteiger partial charge in [0.15, 0.2) is 11.5 Å². The molecule has 118 valence electrons. The first-order valence-corrected chi connectivity index (χ1v) is 6.46. The largest absolute Gasteiger partial charge is 0.360 e. The topological polar surface area (TPSA) is 134 Å². The standard InChI is InChI=1S/C12H11N7O4/c1-8-4-11(16-23-8)14-12(20)10-2-3-17(15-10)7-18-6-9(5-13-18)19(21)22/h2-6H,7H2,1H3,(H,14,16,20). The molecule has 11 nitrogen and oxygen atoms in total. The summed E-state index contributed by atoms with van der Waals surface area (Å²) in [5.41, 5.74) is 0.0591. The van der Waals surface area contributed by atoms with Crippen molar-refractivity contribution in [3.8, 4) is 0 Å². The van der Waals surface area contributed by atoms with E-state index in [-0.39, 0.29) is 18.1 Å². The van der Waals surface area contributed by atoms with E-state index in [0.717, 1.165) is 6.20 Å². The smallest absolute Gasteiger partial charge is 0.307 e. The summed E-state index contributed by atoms with van der Waals surface area (Å²) in [7, 11) is 0. The Morgan fingerprint density at radius 1 is 1.48 bits per heavy atom. The average Bonchev–Trinajstić information content (AvgIpc) is 3.21. The number of amides is 1. The van der Waals surface area contributed by atoms with Crippen LogP contribution in [0.25, 0.3) is 0 Å². The monoisotopic (exact) mass is 317 g/mol. The van der Waals surface area contributed by atoms with Gasteiger partial charge < -0.3 is 9.84 Å². The first kappa shape index (κ1) is 14.4. The second-order valence-corrected chi connectivity index (χ2v) is 4.65.